The van der Waals surface area contributed by atoms with Crippen LogP contribution in [0.4, 0.5) is 5.69 Å². The Morgan fingerprint density at radius 1 is 1.16 bits per heavy atom. The van der Waals surface area contributed by atoms with Crippen molar-refractivity contribution in [3.8, 4) is 0 Å². The van der Waals surface area contributed by atoms with E-state index in [2.05, 4.69) is 42.0 Å². The monoisotopic (exact) mass is 426 g/mol. The lowest BCUT2D eigenvalue weighted by Crippen LogP contribution is -2.55. The molecule has 4 aliphatic rings. The van der Waals surface area contributed by atoms with Crippen molar-refractivity contribution in [1.82, 2.24) is 4.90 Å². The number of likely N-dealkylation sites (tertiary alicyclic amines) is 1. The molecule has 3 fully saturated rings. The van der Waals surface area contributed by atoms with Gasteiger partial charge in [0.2, 0.25) is 0 Å². The highest BCUT2D eigenvalue weighted by molar-refractivity contribution is 5.70. The first-order valence-electron chi connectivity index (χ1n) is 12.5. The fraction of sp³-hybridized carbons (Fsp3) is 0.731. The molecule has 2 aliphatic carbocycles. The van der Waals surface area contributed by atoms with Gasteiger partial charge < -0.3 is 15.1 Å². The number of aliphatic carboxylic acids is 1. The van der Waals surface area contributed by atoms with E-state index < -0.39 is 12.2 Å². The van der Waals surface area contributed by atoms with Crippen molar-refractivity contribution in [3.63, 3.8) is 0 Å². The van der Waals surface area contributed by atoms with Gasteiger partial charge in [-0.2, -0.15) is 0 Å². The predicted molar refractivity (Wildman–Crippen MR) is 122 cm³/mol. The number of carbonyl (C=O) groups is 1. The summed E-state index contributed by atoms with van der Waals surface area (Å²) >= 11 is 0. The third-order valence-electron chi connectivity index (χ3n) is 8.76. The van der Waals surface area contributed by atoms with Crippen molar-refractivity contribution >= 4 is 11.7 Å². The van der Waals surface area contributed by atoms with E-state index in [1.807, 2.05) is 0 Å². The van der Waals surface area contributed by atoms with Crippen LogP contribution in [0, 0.1) is 17.8 Å². The molecule has 1 saturated heterocycles. The van der Waals surface area contributed by atoms with E-state index in [0.717, 1.165) is 57.5 Å². The number of likely N-dealkylation sites (N-methyl/N-ethyl adjacent to an activating group) is 1. The summed E-state index contributed by atoms with van der Waals surface area (Å²) in [6.07, 6.45) is 7.69. The highest BCUT2D eigenvalue weighted by Crippen LogP contribution is 2.50. The number of rotatable bonds is 6. The summed E-state index contributed by atoms with van der Waals surface area (Å²) in [5.41, 5.74) is 4.46. The number of hydrogen-bond donors (Lipinski definition) is 2. The Kier molecular flexibility index (Phi) is 5.76. The van der Waals surface area contributed by atoms with Gasteiger partial charge in [0, 0.05) is 37.8 Å². The molecule has 6 atom stereocenters. The lowest BCUT2D eigenvalue weighted by molar-refractivity contribution is -0.151. The first-order valence-corrected chi connectivity index (χ1v) is 12.5. The summed E-state index contributed by atoms with van der Waals surface area (Å²) in [5.74, 6) is 0.909. The molecule has 0 aromatic heterocycles. The highest BCUT2D eigenvalue weighted by atomic mass is 16.4. The molecule has 1 aromatic rings. The summed E-state index contributed by atoms with van der Waals surface area (Å²) in [5, 5.41) is 21.0. The average Bonchev–Trinajstić information content (AvgIpc) is 3.55. The van der Waals surface area contributed by atoms with Crippen LogP contribution >= 0.6 is 0 Å². The van der Waals surface area contributed by atoms with Crippen molar-refractivity contribution in [2.45, 2.75) is 82.4 Å². The summed E-state index contributed by atoms with van der Waals surface area (Å²) in [6, 6.07) is 7.02. The molecule has 2 heterocycles. The van der Waals surface area contributed by atoms with Gasteiger partial charge in [0.15, 0.2) is 0 Å². The van der Waals surface area contributed by atoms with Crippen LogP contribution < -0.4 is 4.90 Å². The molecule has 2 N–H and O–H groups in total. The Labute approximate surface area is 186 Å². The van der Waals surface area contributed by atoms with Gasteiger partial charge in [-0.25, -0.2) is 0 Å². The number of anilines is 1. The molecule has 5 nitrogen and oxygen atoms in total. The summed E-state index contributed by atoms with van der Waals surface area (Å²) in [4.78, 5) is 16.5. The zero-order chi connectivity index (χ0) is 21.7. The zero-order valence-electron chi connectivity index (χ0n) is 19.0. The second-order valence-corrected chi connectivity index (χ2v) is 10.7. The molecular weight excluding hydrogens is 388 g/mol. The molecule has 170 valence electrons. The number of carboxylic acid groups (broad SMARTS) is 1. The lowest BCUT2D eigenvalue weighted by Gasteiger charge is -2.48. The molecule has 5 rings (SSSR count). The maximum absolute atomic E-state index is 11.8. The molecular formula is C26H38N2O3. The number of aliphatic hydroxyl groups excluding tert-OH is 1. The summed E-state index contributed by atoms with van der Waals surface area (Å²) < 4.78 is 0. The largest absolute Gasteiger partial charge is 0.481 e. The van der Waals surface area contributed by atoms with Crippen LogP contribution in [0.2, 0.25) is 0 Å². The minimum atomic E-state index is -0.641. The van der Waals surface area contributed by atoms with Gasteiger partial charge >= 0.3 is 5.97 Å². The molecule has 0 amide bonds. The van der Waals surface area contributed by atoms with E-state index in [0.29, 0.717) is 11.8 Å². The second kappa shape index (κ2) is 8.40. The van der Waals surface area contributed by atoms with Crippen molar-refractivity contribution < 1.29 is 15.0 Å². The number of hydrogen-bond acceptors (Lipinski definition) is 4. The summed E-state index contributed by atoms with van der Waals surface area (Å²) in [6.45, 7) is 4.23. The van der Waals surface area contributed by atoms with E-state index >= 15 is 0 Å². The molecule has 2 saturated carbocycles. The van der Waals surface area contributed by atoms with E-state index in [1.165, 1.54) is 24.1 Å². The Morgan fingerprint density at radius 3 is 2.71 bits per heavy atom. The van der Waals surface area contributed by atoms with Gasteiger partial charge in [-0.05, 0) is 79.9 Å². The highest BCUT2D eigenvalue weighted by Gasteiger charge is 2.44. The van der Waals surface area contributed by atoms with E-state index in [4.69, 9.17) is 0 Å². The van der Waals surface area contributed by atoms with Crippen LogP contribution in [0.15, 0.2) is 18.2 Å². The normalized spacial score (nSPS) is 32.9. The van der Waals surface area contributed by atoms with E-state index in [1.54, 1.807) is 5.56 Å². The Balaban J connectivity index is 1.31. The molecule has 0 bridgehead atoms. The van der Waals surface area contributed by atoms with Crippen LogP contribution in [-0.2, 0) is 4.79 Å². The zero-order valence-corrected chi connectivity index (χ0v) is 19.0. The number of fused-ring (bicyclic) bond motifs is 2. The minimum Gasteiger partial charge on any atom is -0.481 e. The second-order valence-electron chi connectivity index (χ2n) is 10.7. The Bertz CT molecular complexity index is 823. The standard InChI is InChI=1S/C26H38N2O3/c1-16(21-15-27(2)23-10-3-6-18(25(21)23)17-11-12-17)14-24(29)28-13-5-8-19-20(26(30)31)7-4-9-22(19)28/h3,6,10,16-17,19-22,24,29H,4-5,7-9,11-15H2,1-2H3,(H,30,31). The molecule has 0 spiro atoms. The van der Waals surface area contributed by atoms with Crippen molar-refractivity contribution in [2.24, 2.45) is 17.8 Å². The van der Waals surface area contributed by atoms with Crippen LogP contribution in [0.1, 0.15) is 81.3 Å². The van der Waals surface area contributed by atoms with Gasteiger partial charge in [0.05, 0.1) is 5.92 Å². The van der Waals surface area contributed by atoms with Crippen molar-refractivity contribution in [3.05, 3.63) is 29.3 Å². The number of benzene rings is 1. The van der Waals surface area contributed by atoms with Gasteiger partial charge in [-0.3, -0.25) is 9.69 Å². The molecule has 0 radical (unpaired) electrons. The fourth-order valence-electron chi connectivity index (χ4n) is 7.04. The van der Waals surface area contributed by atoms with Crippen molar-refractivity contribution in [2.75, 3.05) is 25.0 Å². The Morgan fingerprint density at radius 2 is 1.97 bits per heavy atom. The average molecular weight is 427 g/mol. The third kappa shape index (κ3) is 3.89. The Hall–Kier alpha value is -1.59. The molecule has 1 aromatic carbocycles. The molecule has 6 unspecified atom stereocenters. The SMILES string of the molecule is CC(CC(O)N1CCCC2C(C(=O)O)CCCC21)C1CN(C)c2cccc(C3CC3)c21. The number of carboxylic acids is 1. The van der Waals surface area contributed by atoms with E-state index in [-0.39, 0.29) is 17.9 Å². The predicted octanol–water partition coefficient (Wildman–Crippen LogP) is 4.41. The molecule has 31 heavy (non-hydrogen) atoms. The number of nitrogens with zero attached hydrogens (tertiary/aromatic N) is 2. The van der Waals surface area contributed by atoms with Crippen LogP contribution in [0.3, 0.4) is 0 Å². The minimum absolute atomic E-state index is 0.199. The quantitative estimate of drug-likeness (QED) is 0.706. The maximum atomic E-state index is 11.8. The molecule has 2 aliphatic heterocycles. The first kappa shape index (κ1) is 21.3. The smallest absolute Gasteiger partial charge is 0.306 e. The first-order chi connectivity index (χ1) is 15.0. The maximum Gasteiger partial charge on any atom is 0.306 e. The van der Waals surface area contributed by atoms with Gasteiger partial charge in [-0.15, -0.1) is 0 Å². The van der Waals surface area contributed by atoms with Crippen molar-refractivity contribution in [1.29, 1.82) is 0 Å². The third-order valence-corrected chi connectivity index (χ3v) is 8.76. The van der Waals surface area contributed by atoms with Crippen LogP contribution in [0.5, 0.6) is 0 Å². The fourth-order valence-corrected chi connectivity index (χ4v) is 7.04. The summed E-state index contributed by atoms with van der Waals surface area (Å²) in [7, 11) is 2.20. The van der Waals surface area contributed by atoms with Crippen LogP contribution in [0.25, 0.3) is 0 Å². The number of piperidine rings is 1. The van der Waals surface area contributed by atoms with Gasteiger partial charge in [0.1, 0.15) is 6.23 Å². The molecule has 5 heteroatoms. The van der Waals surface area contributed by atoms with Crippen LogP contribution in [-0.4, -0.2) is 53.5 Å². The van der Waals surface area contributed by atoms with Gasteiger partial charge in [0.25, 0.3) is 0 Å². The van der Waals surface area contributed by atoms with E-state index in [9.17, 15) is 15.0 Å². The lowest BCUT2D eigenvalue weighted by atomic mass is 9.71. The topological polar surface area (TPSA) is 64.0 Å². The van der Waals surface area contributed by atoms with Gasteiger partial charge in [-0.1, -0.05) is 25.5 Å². The number of aliphatic hydroxyl groups is 1.